The third kappa shape index (κ3) is 3.13. The molecule has 0 radical (unpaired) electrons. The van der Waals surface area contributed by atoms with E-state index in [2.05, 4.69) is 4.98 Å². The summed E-state index contributed by atoms with van der Waals surface area (Å²) in [7, 11) is -3.53. The Labute approximate surface area is 156 Å². The van der Waals surface area contributed by atoms with Crippen molar-refractivity contribution in [2.24, 2.45) is 0 Å². The van der Waals surface area contributed by atoms with Crippen LogP contribution in [0.3, 0.4) is 0 Å². The molecule has 1 N–H and O–H groups in total. The number of H-pyrrole nitrogens is 1. The Morgan fingerprint density at radius 2 is 1.88 bits per heavy atom. The molecule has 1 aliphatic heterocycles. The molecule has 4 rings (SSSR count). The van der Waals surface area contributed by atoms with Gasteiger partial charge in [0, 0.05) is 35.2 Å². The number of aromatic amines is 1. The summed E-state index contributed by atoms with van der Waals surface area (Å²) in [5.74, 6) is -0.0200. The molecule has 26 heavy (non-hydrogen) atoms. The van der Waals surface area contributed by atoms with Crippen LogP contribution >= 0.6 is 11.6 Å². The van der Waals surface area contributed by atoms with Crippen molar-refractivity contribution in [1.82, 2.24) is 9.29 Å². The zero-order chi connectivity index (χ0) is 18.3. The summed E-state index contributed by atoms with van der Waals surface area (Å²) in [6.07, 6.45) is 3.37. The maximum atomic E-state index is 13.4. The normalized spacial score (nSPS) is 17.0. The average molecular weight is 393 g/mol. The Bertz CT molecular complexity index is 1060. The number of halogens is 2. The molecular formula is C19H18ClFN2O2S. The number of fused-ring (bicyclic) bond motifs is 1. The van der Waals surface area contributed by atoms with Crippen LogP contribution in [0.25, 0.3) is 10.9 Å². The Kier molecular flexibility index (Phi) is 4.50. The fraction of sp³-hybridized carbons (Fsp3) is 0.263. The molecule has 0 amide bonds. The summed E-state index contributed by atoms with van der Waals surface area (Å²) in [4.78, 5) is 3.34. The second kappa shape index (κ2) is 6.68. The Morgan fingerprint density at radius 1 is 1.12 bits per heavy atom. The lowest BCUT2D eigenvalue weighted by molar-refractivity contribution is 0.320. The van der Waals surface area contributed by atoms with E-state index in [1.54, 1.807) is 24.3 Å². The summed E-state index contributed by atoms with van der Waals surface area (Å²) in [6.45, 7) is 0.904. The summed E-state index contributed by atoms with van der Waals surface area (Å²) in [5, 5.41) is 1.41. The lowest BCUT2D eigenvalue weighted by Crippen LogP contribution is -2.37. The molecule has 2 aromatic carbocycles. The molecule has 1 fully saturated rings. The van der Waals surface area contributed by atoms with Crippen LogP contribution in [-0.2, 0) is 10.0 Å². The van der Waals surface area contributed by atoms with Gasteiger partial charge in [-0.05, 0) is 60.7 Å². The standard InChI is InChI=1S/C19H18ClFN2O2S/c20-14-2-1-3-16(10-14)26(24,25)23-8-6-13(7-9-23)18-12-22-19-11-15(21)4-5-17(18)19/h1-5,10-13,22H,6-9H2. The number of nitrogens with zero attached hydrogens (tertiary/aromatic N) is 1. The third-order valence-corrected chi connectivity index (χ3v) is 7.13. The molecular weight excluding hydrogens is 375 g/mol. The number of aromatic nitrogens is 1. The van der Waals surface area contributed by atoms with Crippen LogP contribution in [0.15, 0.2) is 53.6 Å². The number of rotatable bonds is 3. The minimum atomic E-state index is -3.53. The maximum absolute atomic E-state index is 13.4. The van der Waals surface area contributed by atoms with E-state index in [1.807, 2.05) is 6.20 Å². The zero-order valence-corrected chi connectivity index (χ0v) is 15.5. The minimum absolute atomic E-state index is 0.228. The SMILES string of the molecule is O=S(=O)(c1cccc(Cl)c1)N1CCC(c2c[nH]c3cc(F)ccc23)CC1. The molecule has 3 aromatic rings. The number of benzene rings is 2. The van der Waals surface area contributed by atoms with Gasteiger partial charge in [0.05, 0.1) is 4.90 Å². The van der Waals surface area contributed by atoms with Crippen molar-refractivity contribution in [1.29, 1.82) is 0 Å². The molecule has 7 heteroatoms. The van der Waals surface area contributed by atoms with Crippen LogP contribution in [0.2, 0.25) is 5.02 Å². The highest BCUT2D eigenvalue weighted by Crippen LogP contribution is 2.35. The highest BCUT2D eigenvalue weighted by Gasteiger charge is 2.30. The third-order valence-electron chi connectivity index (χ3n) is 5.00. The lowest BCUT2D eigenvalue weighted by Gasteiger charge is -2.31. The van der Waals surface area contributed by atoms with E-state index in [0.29, 0.717) is 18.1 Å². The summed E-state index contributed by atoms with van der Waals surface area (Å²) in [6, 6.07) is 11.1. The first-order valence-corrected chi connectivity index (χ1v) is 10.3. The van der Waals surface area contributed by atoms with Crippen LogP contribution in [0, 0.1) is 5.82 Å². The molecule has 0 bridgehead atoms. The van der Waals surface area contributed by atoms with Crippen molar-refractivity contribution in [3.63, 3.8) is 0 Å². The van der Waals surface area contributed by atoms with E-state index < -0.39 is 10.0 Å². The van der Waals surface area contributed by atoms with Crippen LogP contribution in [-0.4, -0.2) is 30.8 Å². The second-order valence-corrected chi connectivity index (χ2v) is 8.94. The average Bonchev–Trinajstić information content (AvgIpc) is 3.05. The minimum Gasteiger partial charge on any atom is -0.361 e. The van der Waals surface area contributed by atoms with Crippen molar-refractivity contribution in [3.8, 4) is 0 Å². The first-order valence-electron chi connectivity index (χ1n) is 8.47. The molecule has 136 valence electrons. The quantitative estimate of drug-likeness (QED) is 0.712. The van der Waals surface area contributed by atoms with Crippen molar-refractivity contribution in [3.05, 3.63) is 65.1 Å². The highest BCUT2D eigenvalue weighted by atomic mass is 35.5. The Morgan fingerprint density at radius 3 is 2.62 bits per heavy atom. The van der Waals surface area contributed by atoms with Gasteiger partial charge in [-0.3, -0.25) is 0 Å². The monoisotopic (exact) mass is 392 g/mol. The van der Waals surface area contributed by atoms with Crippen LogP contribution < -0.4 is 0 Å². The van der Waals surface area contributed by atoms with Gasteiger partial charge in [-0.1, -0.05) is 17.7 Å². The van der Waals surface area contributed by atoms with Gasteiger partial charge in [-0.2, -0.15) is 4.31 Å². The molecule has 0 unspecified atom stereocenters. The van der Waals surface area contributed by atoms with Gasteiger partial charge < -0.3 is 4.98 Å². The summed E-state index contributed by atoms with van der Waals surface area (Å²) in [5.41, 5.74) is 1.90. The number of hydrogen-bond donors (Lipinski definition) is 1. The first kappa shape index (κ1) is 17.5. The Hall–Kier alpha value is -1.89. The number of nitrogens with one attached hydrogen (secondary N) is 1. The molecule has 0 saturated carbocycles. The zero-order valence-electron chi connectivity index (χ0n) is 14.0. The molecule has 4 nitrogen and oxygen atoms in total. The molecule has 0 aliphatic carbocycles. The second-order valence-electron chi connectivity index (χ2n) is 6.57. The number of hydrogen-bond acceptors (Lipinski definition) is 2. The Balaban J connectivity index is 1.53. The highest BCUT2D eigenvalue weighted by molar-refractivity contribution is 7.89. The molecule has 1 saturated heterocycles. The van der Waals surface area contributed by atoms with Crippen LogP contribution in [0.4, 0.5) is 4.39 Å². The van der Waals surface area contributed by atoms with E-state index in [0.717, 1.165) is 29.3 Å². The van der Waals surface area contributed by atoms with Gasteiger partial charge in [-0.15, -0.1) is 0 Å². The van der Waals surface area contributed by atoms with E-state index >= 15 is 0 Å². The van der Waals surface area contributed by atoms with E-state index in [-0.39, 0.29) is 16.6 Å². The topological polar surface area (TPSA) is 53.2 Å². The molecule has 1 aromatic heterocycles. The van der Waals surface area contributed by atoms with E-state index in [4.69, 9.17) is 11.6 Å². The van der Waals surface area contributed by atoms with Crippen molar-refractivity contribution in [2.75, 3.05) is 13.1 Å². The number of piperidine rings is 1. The summed E-state index contributed by atoms with van der Waals surface area (Å²) < 4.78 is 40.5. The molecule has 2 heterocycles. The first-order chi connectivity index (χ1) is 12.4. The molecule has 0 atom stereocenters. The van der Waals surface area contributed by atoms with Gasteiger partial charge in [-0.25, -0.2) is 12.8 Å². The van der Waals surface area contributed by atoms with Crippen molar-refractivity contribution in [2.45, 2.75) is 23.7 Å². The van der Waals surface area contributed by atoms with Gasteiger partial charge in [0.15, 0.2) is 0 Å². The maximum Gasteiger partial charge on any atom is 0.243 e. The van der Waals surface area contributed by atoms with E-state index in [9.17, 15) is 12.8 Å². The smallest absolute Gasteiger partial charge is 0.243 e. The van der Waals surface area contributed by atoms with Gasteiger partial charge >= 0.3 is 0 Å². The van der Waals surface area contributed by atoms with E-state index in [1.165, 1.54) is 22.5 Å². The largest absolute Gasteiger partial charge is 0.361 e. The van der Waals surface area contributed by atoms with Gasteiger partial charge in [0.1, 0.15) is 5.82 Å². The fourth-order valence-corrected chi connectivity index (χ4v) is 5.41. The molecule has 1 aliphatic rings. The van der Waals surface area contributed by atoms with Crippen molar-refractivity contribution < 1.29 is 12.8 Å². The van der Waals surface area contributed by atoms with Crippen LogP contribution in [0.1, 0.15) is 24.3 Å². The lowest BCUT2D eigenvalue weighted by atomic mass is 9.90. The summed E-state index contributed by atoms with van der Waals surface area (Å²) >= 11 is 5.93. The predicted molar refractivity (Wildman–Crippen MR) is 100 cm³/mol. The van der Waals surface area contributed by atoms with Gasteiger partial charge in [0.2, 0.25) is 10.0 Å². The fourth-order valence-electron chi connectivity index (χ4n) is 3.64. The van der Waals surface area contributed by atoms with Crippen LogP contribution in [0.5, 0.6) is 0 Å². The predicted octanol–water partition coefficient (Wildman–Crippen LogP) is 4.53. The number of sulfonamides is 1. The van der Waals surface area contributed by atoms with Crippen molar-refractivity contribution >= 4 is 32.5 Å². The van der Waals surface area contributed by atoms with Gasteiger partial charge in [0.25, 0.3) is 0 Å². The molecule has 0 spiro atoms.